The van der Waals surface area contributed by atoms with E-state index in [4.69, 9.17) is 69.6 Å². The molecule has 5 aromatic rings. The molecular weight excluding hydrogens is 949 g/mol. The lowest BCUT2D eigenvalue weighted by atomic mass is 10.1. The Morgan fingerprint density at radius 3 is 1.19 bits per heavy atom. The van der Waals surface area contributed by atoms with Crippen LogP contribution in [0.3, 0.4) is 0 Å². The van der Waals surface area contributed by atoms with Gasteiger partial charge in [0.1, 0.15) is 0 Å². The average molecular weight is 986 g/mol. The molecule has 0 saturated carbocycles. The number of azo groups is 2. The molecule has 0 fully saturated rings. The van der Waals surface area contributed by atoms with Crippen LogP contribution in [0.5, 0.6) is 0 Å². The van der Waals surface area contributed by atoms with Crippen molar-refractivity contribution in [3.05, 3.63) is 139 Å². The summed E-state index contributed by atoms with van der Waals surface area (Å²) in [5.74, 6) is -4.30. The van der Waals surface area contributed by atoms with Gasteiger partial charge in [0.25, 0.3) is 23.6 Å². The van der Waals surface area contributed by atoms with Crippen LogP contribution < -0.4 is 21.3 Å². The molecule has 0 bridgehead atoms. The Balaban J connectivity index is 1.27. The van der Waals surface area contributed by atoms with Gasteiger partial charge in [0.15, 0.2) is 11.6 Å². The Morgan fingerprint density at radius 1 is 0.484 bits per heavy atom. The topological polar surface area (TPSA) is 200 Å². The molecule has 0 radical (unpaired) electrons. The first-order valence-electron chi connectivity index (χ1n) is 18.9. The lowest BCUT2D eigenvalue weighted by Gasteiger charge is -2.15. The van der Waals surface area contributed by atoms with Gasteiger partial charge in [0.2, 0.25) is 12.1 Å². The number of anilines is 4. The lowest BCUT2D eigenvalue weighted by molar-refractivity contribution is -0.127. The Labute approximate surface area is 397 Å². The number of nitrogens with one attached hydrogen (secondary N) is 4. The third-order valence-corrected chi connectivity index (χ3v) is 10.5. The highest BCUT2D eigenvalue weighted by atomic mass is 35.5. The first-order chi connectivity index (χ1) is 30.3. The zero-order valence-corrected chi connectivity index (χ0v) is 38.6. The second kappa shape index (κ2) is 22.2. The first-order valence-corrected chi connectivity index (χ1v) is 21.3. The van der Waals surface area contributed by atoms with Crippen molar-refractivity contribution >= 4 is 139 Å². The van der Waals surface area contributed by atoms with Crippen LogP contribution in [0.4, 0.5) is 34.1 Å². The summed E-state index contributed by atoms with van der Waals surface area (Å²) in [5, 5.41) is 25.6. The number of Topliss-reactive ketones (excluding diaryl/α,β-unsaturated/α-hetero) is 2. The molecule has 4 atom stereocenters. The molecule has 0 heterocycles. The molecule has 5 rings (SSSR count). The molecule has 0 saturated heterocycles. The number of benzene rings is 5. The summed E-state index contributed by atoms with van der Waals surface area (Å²) in [5.41, 5.74) is 2.64. The number of para-hydroxylation sites is 2. The van der Waals surface area contributed by atoms with E-state index in [9.17, 15) is 28.8 Å². The lowest BCUT2D eigenvalue weighted by Crippen LogP contribution is -2.32. The molecule has 4 N–H and O–H groups in total. The van der Waals surface area contributed by atoms with Crippen LogP contribution in [0.15, 0.2) is 118 Å². The van der Waals surface area contributed by atoms with Crippen LogP contribution in [-0.4, -0.2) is 47.3 Å². The molecule has 0 aliphatic rings. The van der Waals surface area contributed by atoms with Gasteiger partial charge >= 0.3 is 0 Å². The van der Waals surface area contributed by atoms with Crippen LogP contribution >= 0.6 is 69.6 Å². The van der Waals surface area contributed by atoms with E-state index in [-0.39, 0.29) is 64.7 Å². The van der Waals surface area contributed by atoms with E-state index in [0.29, 0.717) is 22.5 Å². The third kappa shape index (κ3) is 13.2. The number of alkyl halides is 2. The van der Waals surface area contributed by atoms with Crippen molar-refractivity contribution < 1.29 is 28.8 Å². The third-order valence-electron chi connectivity index (χ3n) is 8.98. The Kier molecular flexibility index (Phi) is 17.1. The molecular formula is C44H36Cl6N8O6. The standard InChI is InChI=1S/C44H36Cl6N8O6/c1-21(45)31-9-5-7-11-35(31)51-41(61)25-13-27(47)17-29(15-25)55-57-39(23(3)59)43(63)53-37-19-34(50)38(20-33(37)49)54-44(64)40(24(4)60)58-56-30-16-26(14-28(48)18-30)42(62)52-36-12-8-6-10-32(36)22(2)46/h5-22,39-40H,1-4H3,(H,51,61)(H,52,62)(H,53,63)(H,54,64). The van der Waals surface area contributed by atoms with Crippen molar-refractivity contribution in [1.82, 2.24) is 0 Å². The van der Waals surface area contributed by atoms with E-state index in [2.05, 4.69) is 41.7 Å². The molecule has 0 aliphatic carbocycles. The van der Waals surface area contributed by atoms with Crippen LogP contribution in [0.25, 0.3) is 0 Å². The number of hydrogen-bond donors (Lipinski definition) is 4. The molecule has 4 amide bonds. The molecule has 20 heteroatoms. The second-order valence-electron chi connectivity index (χ2n) is 14.0. The maximum atomic E-state index is 13.3. The zero-order valence-electron chi connectivity index (χ0n) is 34.1. The summed E-state index contributed by atoms with van der Waals surface area (Å²) >= 11 is 38.0. The van der Waals surface area contributed by atoms with E-state index in [1.807, 2.05) is 0 Å². The largest absolute Gasteiger partial charge is 0.322 e. The van der Waals surface area contributed by atoms with Crippen molar-refractivity contribution in [2.45, 2.75) is 50.5 Å². The van der Waals surface area contributed by atoms with Gasteiger partial charge in [-0.05, 0) is 99.5 Å². The minimum atomic E-state index is -1.68. The van der Waals surface area contributed by atoms with Gasteiger partial charge in [-0.3, -0.25) is 28.8 Å². The predicted octanol–water partition coefficient (Wildman–Crippen LogP) is 12.8. The minimum Gasteiger partial charge on any atom is -0.322 e. The number of nitrogens with zero attached hydrogens (tertiary/aromatic N) is 4. The molecule has 0 aliphatic heterocycles. The molecule has 64 heavy (non-hydrogen) atoms. The number of amides is 4. The van der Waals surface area contributed by atoms with Crippen LogP contribution in [0, 0.1) is 0 Å². The number of ketones is 2. The van der Waals surface area contributed by atoms with Crippen molar-refractivity contribution in [2.24, 2.45) is 20.5 Å². The second-order valence-corrected chi connectivity index (χ2v) is 17.0. The van der Waals surface area contributed by atoms with Gasteiger partial charge in [-0.1, -0.05) is 82.8 Å². The molecule has 330 valence electrons. The highest BCUT2D eigenvalue weighted by molar-refractivity contribution is 6.38. The minimum absolute atomic E-state index is 0.0615. The number of carbonyl (C=O) groups excluding carboxylic acids is 6. The Hall–Kier alpha value is -5.74. The summed E-state index contributed by atoms with van der Waals surface area (Å²) in [6.07, 6.45) is 0. The fourth-order valence-electron chi connectivity index (χ4n) is 5.86. The van der Waals surface area contributed by atoms with Crippen LogP contribution in [0.2, 0.25) is 20.1 Å². The maximum Gasteiger partial charge on any atom is 0.258 e. The quantitative estimate of drug-likeness (QED) is 0.0430. The van der Waals surface area contributed by atoms with Gasteiger partial charge in [-0.25, -0.2) is 0 Å². The fraction of sp³-hybridized carbons (Fsp3) is 0.182. The SMILES string of the molecule is CC(=O)C(N=Nc1cc(Cl)cc(C(=O)Nc2ccccc2C(C)Cl)c1)C(=O)Nc1cc(Cl)c(NC(=O)C(N=Nc2cc(Cl)cc(C(=O)Nc3ccccc3C(C)Cl)c2)C(C)=O)cc1Cl. The van der Waals surface area contributed by atoms with Crippen LogP contribution in [-0.2, 0) is 19.2 Å². The molecule has 5 aromatic carbocycles. The highest BCUT2D eigenvalue weighted by Gasteiger charge is 2.27. The number of carbonyl (C=O) groups is 6. The highest BCUT2D eigenvalue weighted by Crippen LogP contribution is 2.34. The van der Waals surface area contributed by atoms with Gasteiger partial charge in [-0.2, -0.15) is 20.5 Å². The Bertz CT molecular complexity index is 2530. The van der Waals surface area contributed by atoms with Crippen molar-refractivity contribution in [3.63, 3.8) is 0 Å². The normalized spacial score (nSPS) is 13.2. The molecule has 4 unspecified atom stereocenters. The molecule has 14 nitrogen and oxygen atoms in total. The Morgan fingerprint density at radius 2 is 0.844 bits per heavy atom. The van der Waals surface area contributed by atoms with E-state index < -0.39 is 47.3 Å². The van der Waals surface area contributed by atoms with Gasteiger partial charge in [0.05, 0.1) is 43.5 Å². The van der Waals surface area contributed by atoms with Gasteiger partial charge in [-0.15, -0.1) is 23.2 Å². The van der Waals surface area contributed by atoms with Crippen molar-refractivity contribution in [3.8, 4) is 0 Å². The van der Waals surface area contributed by atoms with Crippen molar-refractivity contribution in [2.75, 3.05) is 21.3 Å². The van der Waals surface area contributed by atoms with E-state index in [0.717, 1.165) is 13.8 Å². The summed E-state index contributed by atoms with van der Waals surface area (Å²) in [7, 11) is 0. The summed E-state index contributed by atoms with van der Waals surface area (Å²) < 4.78 is 0. The monoisotopic (exact) mass is 982 g/mol. The maximum absolute atomic E-state index is 13.3. The number of rotatable bonds is 16. The summed E-state index contributed by atoms with van der Waals surface area (Å²) in [6, 6.07) is 21.4. The molecule has 0 spiro atoms. The van der Waals surface area contributed by atoms with Crippen molar-refractivity contribution in [1.29, 1.82) is 0 Å². The summed E-state index contributed by atoms with van der Waals surface area (Å²) in [4.78, 5) is 78.1. The average Bonchev–Trinajstić information content (AvgIpc) is 3.22. The van der Waals surface area contributed by atoms with E-state index in [1.54, 1.807) is 62.4 Å². The smallest absolute Gasteiger partial charge is 0.258 e. The fourth-order valence-corrected chi connectivity index (χ4v) is 7.12. The first kappa shape index (κ1) is 49.3. The van der Waals surface area contributed by atoms with E-state index >= 15 is 0 Å². The predicted molar refractivity (Wildman–Crippen MR) is 252 cm³/mol. The van der Waals surface area contributed by atoms with E-state index in [1.165, 1.54) is 48.5 Å². The number of halogens is 6. The zero-order chi connectivity index (χ0) is 46.8. The summed E-state index contributed by atoms with van der Waals surface area (Å²) in [6.45, 7) is 5.78. The number of hydrogen-bond acceptors (Lipinski definition) is 10. The molecule has 0 aromatic heterocycles. The van der Waals surface area contributed by atoms with Gasteiger partial charge < -0.3 is 21.3 Å². The van der Waals surface area contributed by atoms with Gasteiger partial charge in [0, 0.05) is 32.5 Å². The van der Waals surface area contributed by atoms with Crippen LogP contribution in [0.1, 0.15) is 70.3 Å².